The molecule has 1 amide bonds. The molecule has 1 N–H and O–H groups in total. The maximum atomic E-state index is 12.2. The van der Waals surface area contributed by atoms with E-state index in [4.69, 9.17) is 14.2 Å². The smallest absolute Gasteiger partial charge is 0.250 e. The van der Waals surface area contributed by atoms with E-state index in [0.717, 1.165) is 36.4 Å². The predicted molar refractivity (Wildman–Crippen MR) is 118 cm³/mol. The van der Waals surface area contributed by atoms with Gasteiger partial charge in [-0.1, -0.05) is 43.6 Å². The van der Waals surface area contributed by atoms with Crippen LogP contribution in [0.25, 0.3) is 6.08 Å². The Balaban J connectivity index is 1.52. The van der Waals surface area contributed by atoms with Gasteiger partial charge in [0, 0.05) is 12.7 Å². The molecule has 1 aromatic carbocycles. The molecule has 162 valence electrons. The van der Waals surface area contributed by atoms with Crippen molar-refractivity contribution in [2.45, 2.75) is 51.6 Å². The highest BCUT2D eigenvalue weighted by molar-refractivity contribution is 7.15. The molecule has 0 spiro atoms. The van der Waals surface area contributed by atoms with Crippen LogP contribution in [0.1, 0.15) is 62.1 Å². The largest absolute Gasteiger partial charge is 0.493 e. The molecule has 1 unspecified atom stereocenters. The minimum atomic E-state index is -0.264. The Morgan fingerprint density at radius 2 is 2.20 bits per heavy atom. The van der Waals surface area contributed by atoms with Crippen LogP contribution in [0.5, 0.6) is 11.5 Å². The number of carbonyl (C=O) groups excluding carboxylic acids is 1. The van der Waals surface area contributed by atoms with Crippen molar-refractivity contribution in [2.75, 3.05) is 25.6 Å². The summed E-state index contributed by atoms with van der Waals surface area (Å²) in [6.45, 7) is 3.61. The van der Waals surface area contributed by atoms with E-state index in [0.29, 0.717) is 23.2 Å². The molecule has 1 atom stereocenters. The minimum absolute atomic E-state index is 0.00328. The lowest BCUT2D eigenvalue weighted by atomic mass is 10.2. The highest BCUT2D eigenvalue weighted by atomic mass is 32.1. The van der Waals surface area contributed by atoms with E-state index in [1.807, 2.05) is 18.2 Å². The van der Waals surface area contributed by atoms with Crippen molar-refractivity contribution < 1.29 is 19.0 Å². The molecule has 1 fully saturated rings. The second-order valence-corrected chi connectivity index (χ2v) is 8.10. The lowest BCUT2D eigenvalue weighted by Gasteiger charge is -2.11. The summed E-state index contributed by atoms with van der Waals surface area (Å²) in [6.07, 6.45) is 9.79. The fraction of sp³-hybridized carbons (Fsp3) is 0.500. The quantitative estimate of drug-likeness (QED) is 0.398. The Morgan fingerprint density at radius 3 is 2.97 bits per heavy atom. The highest BCUT2D eigenvalue weighted by Crippen LogP contribution is 2.32. The summed E-state index contributed by atoms with van der Waals surface area (Å²) in [5.74, 6) is 1.10. The van der Waals surface area contributed by atoms with Crippen molar-refractivity contribution in [1.82, 2.24) is 10.2 Å². The van der Waals surface area contributed by atoms with Crippen molar-refractivity contribution in [1.29, 1.82) is 0 Å². The van der Waals surface area contributed by atoms with Crippen molar-refractivity contribution in [2.24, 2.45) is 0 Å². The van der Waals surface area contributed by atoms with Gasteiger partial charge in [0.2, 0.25) is 11.0 Å². The summed E-state index contributed by atoms with van der Waals surface area (Å²) in [4.78, 5) is 12.2. The Labute approximate surface area is 181 Å². The number of carbonyl (C=O) groups is 1. The number of rotatable bonds is 11. The maximum absolute atomic E-state index is 12.2. The maximum Gasteiger partial charge on any atom is 0.250 e. The van der Waals surface area contributed by atoms with Gasteiger partial charge in [-0.25, -0.2) is 0 Å². The van der Waals surface area contributed by atoms with Gasteiger partial charge in [-0.05, 0) is 43.0 Å². The fourth-order valence-corrected chi connectivity index (χ4v) is 3.96. The zero-order valence-corrected chi connectivity index (χ0v) is 18.4. The Hall–Kier alpha value is -2.45. The van der Waals surface area contributed by atoms with Crippen molar-refractivity contribution in [3.63, 3.8) is 0 Å². The standard InChI is InChI=1S/C22H29N3O4S/c1-3-4-5-6-13-28-17-11-9-16(15-19(17)27-2)10-12-20(26)23-22-25-24-21(30-22)18-8-7-14-29-18/h9-12,15,18H,3-8,13-14H2,1-2H3,(H,23,25,26)/b12-10+. The molecule has 1 aliphatic rings. The second-order valence-electron chi connectivity index (χ2n) is 7.09. The Bertz CT molecular complexity index is 847. The van der Waals surface area contributed by atoms with Crippen LogP contribution in [0.3, 0.4) is 0 Å². The molecular weight excluding hydrogens is 402 g/mol. The summed E-state index contributed by atoms with van der Waals surface area (Å²) < 4.78 is 16.9. The van der Waals surface area contributed by atoms with Crippen LogP contribution in [0, 0.1) is 0 Å². The van der Waals surface area contributed by atoms with E-state index in [2.05, 4.69) is 22.4 Å². The third-order valence-corrected chi connectivity index (χ3v) is 5.68. The SMILES string of the molecule is CCCCCCOc1ccc(/C=C/C(=O)Nc2nnc(C3CCCO3)s2)cc1OC. The average molecular weight is 432 g/mol. The number of unbranched alkanes of at least 4 members (excludes halogenated alkanes) is 3. The van der Waals surface area contributed by atoms with E-state index in [-0.39, 0.29) is 12.0 Å². The van der Waals surface area contributed by atoms with Crippen LogP contribution >= 0.6 is 11.3 Å². The van der Waals surface area contributed by atoms with Crippen LogP contribution in [-0.2, 0) is 9.53 Å². The summed E-state index contributed by atoms with van der Waals surface area (Å²) >= 11 is 1.35. The van der Waals surface area contributed by atoms with Gasteiger partial charge in [-0.3, -0.25) is 10.1 Å². The van der Waals surface area contributed by atoms with E-state index < -0.39 is 0 Å². The second kappa shape index (κ2) is 11.7. The summed E-state index contributed by atoms with van der Waals surface area (Å²) in [6, 6.07) is 5.62. The first-order valence-electron chi connectivity index (χ1n) is 10.4. The van der Waals surface area contributed by atoms with Gasteiger partial charge in [0.25, 0.3) is 0 Å². The Morgan fingerprint density at radius 1 is 1.30 bits per heavy atom. The average Bonchev–Trinajstić information content (AvgIpc) is 3.44. The fourth-order valence-electron chi connectivity index (χ4n) is 3.12. The lowest BCUT2D eigenvalue weighted by molar-refractivity contribution is -0.111. The van der Waals surface area contributed by atoms with Gasteiger partial charge in [0.15, 0.2) is 11.5 Å². The predicted octanol–water partition coefficient (Wildman–Crippen LogP) is 5.01. The van der Waals surface area contributed by atoms with Gasteiger partial charge in [0.05, 0.1) is 13.7 Å². The van der Waals surface area contributed by atoms with Gasteiger partial charge >= 0.3 is 0 Å². The van der Waals surface area contributed by atoms with Crippen LogP contribution in [0.15, 0.2) is 24.3 Å². The van der Waals surface area contributed by atoms with Crippen molar-refractivity contribution in [3.05, 3.63) is 34.8 Å². The topological polar surface area (TPSA) is 82.6 Å². The number of aromatic nitrogens is 2. The van der Waals surface area contributed by atoms with E-state index in [1.54, 1.807) is 13.2 Å². The number of ether oxygens (including phenoxy) is 3. The normalized spacial score (nSPS) is 16.1. The van der Waals surface area contributed by atoms with E-state index in [1.165, 1.54) is 36.7 Å². The lowest BCUT2D eigenvalue weighted by Crippen LogP contribution is -2.07. The number of hydrogen-bond acceptors (Lipinski definition) is 7. The molecule has 2 heterocycles. The number of hydrogen-bond donors (Lipinski definition) is 1. The molecular formula is C22H29N3O4S. The van der Waals surface area contributed by atoms with Crippen molar-refractivity contribution in [3.8, 4) is 11.5 Å². The molecule has 3 rings (SSSR count). The van der Waals surface area contributed by atoms with Gasteiger partial charge in [0.1, 0.15) is 11.1 Å². The molecule has 1 saturated heterocycles. The van der Waals surface area contributed by atoms with E-state index in [9.17, 15) is 4.79 Å². The highest BCUT2D eigenvalue weighted by Gasteiger charge is 2.22. The molecule has 7 nitrogen and oxygen atoms in total. The zero-order chi connectivity index (χ0) is 21.2. The molecule has 2 aromatic rings. The molecule has 0 radical (unpaired) electrons. The summed E-state index contributed by atoms with van der Waals surface area (Å²) in [5.41, 5.74) is 0.845. The van der Waals surface area contributed by atoms with Crippen LogP contribution < -0.4 is 14.8 Å². The third kappa shape index (κ3) is 6.53. The first-order chi connectivity index (χ1) is 14.7. The number of benzene rings is 1. The first kappa shape index (κ1) is 22.2. The molecule has 0 bridgehead atoms. The van der Waals surface area contributed by atoms with Crippen LogP contribution in [0.2, 0.25) is 0 Å². The Kier molecular flexibility index (Phi) is 8.65. The molecule has 1 aromatic heterocycles. The molecule has 1 aliphatic heterocycles. The molecule has 8 heteroatoms. The number of methoxy groups -OCH3 is 1. The molecule has 0 aliphatic carbocycles. The first-order valence-corrected chi connectivity index (χ1v) is 11.3. The monoisotopic (exact) mass is 431 g/mol. The van der Waals surface area contributed by atoms with Gasteiger partial charge < -0.3 is 14.2 Å². The van der Waals surface area contributed by atoms with Gasteiger partial charge in [-0.15, -0.1) is 10.2 Å². The van der Waals surface area contributed by atoms with E-state index >= 15 is 0 Å². The van der Waals surface area contributed by atoms with Crippen molar-refractivity contribution >= 4 is 28.5 Å². The van der Waals surface area contributed by atoms with Crippen LogP contribution in [0.4, 0.5) is 5.13 Å². The minimum Gasteiger partial charge on any atom is -0.493 e. The summed E-state index contributed by atoms with van der Waals surface area (Å²) in [5, 5.41) is 12.2. The molecule has 0 saturated carbocycles. The third-order valence-electron chi connectivity index (χ3n) is 4.75. The van der Waals surface area contributed by atoms with Gasteiger partial charge in [-0.2, -0.15) is 0 Å². The zero-order valence-electron chi connectivity index (χ0n) is 17.6. The number of anilines is 1. The number of nitrogens with zero attached hydrogens (tertiary/aromatic N) is 2. The number of nitrogens with one attached hydrogen (secondary N) is 1. The van der Waals surface area contributed by atoms with Crippen LogP contribution in [-0.4, -0.2) is 36.4 Å². The molecule has 30 heavy (non-hydrogen) atoms. The summed E-state index contributed by atoms with van der Waals surface area (Å²) in [7, 11) is 1.61. The number of amides is 1.